The molecule has 1 aromatic carbocycles. The molecular formula is C8H6F3NO3. The fourth-order valence-corrected chi connectivity index (χ4v) is 1.02. The Morgan fingerprint density at radius 1 is 1.27 bits per heavy atom. The van der Waals surface area contributed by atoms with Crippen molar-refractivity contribution < 1.29 is 23.1 Å². The summed E-state index contributed by atoms with van der Waals surface area (Å²) in [6.45, 7) is 0. The molecule has 1 rings (SSSR count). The highest BCUT2D eigenvalue weighted by Gasteiger charge is 2.43. The Bertz CT molecular complexity index is 339. The van der Waals surface area contributed by atoms with E-state index in [0.29, 0.717) is 0 Å². The Balaban J connectivity index is 2.97. The molecule has 0 fully saturated rings. The van der Waals surface area contributed by atoms with Gasteiger partial charge in [-0.2, -0.15) is 13.2 Å². The first-order valence-electron chi connectivity index (χ1n) is 3.84. The number of hydrogen-bond acceptors (Lipinski definition) is 3. The summed E-state index contributed by atoms with van der Waals surface area (Å²) in [7, 11) is 0. The summed E-state index contributed by atoms with van der Waals surface area (Å²) >= 11 is 0. The molecule has 4 nitrogen and oxygen atoms in total. The molecule has 0 aliphatic rings. The molecule has 0 aliphatic carbocycles. The number of halogens is 3. The van der Waals surface area contributed by atoms with Crippen LogP contribution in [0.1, 0.15) is 11.7 Å². The second kappa shape index (κ2) is 4.16. The molecule has 0 amide bonds. The van der Waals surface area contributed by atoms with E-state index in [1.54, 1.807) is 0 Å². The van der Waals surface area contributed by atoms with Crippen molar-refractivity contribution in [3.05, 3.63) is 46.0 Å². The third-order valence-corrected chi connectivity index (χ3v) is 1.59. The molecule has 82 valence electrons. The zero-order valence-electron chi connectivity index (χ0n) is 7.27. The summed E-state index contributed by atoms with van der Waals surface area (Å²) in [5.74, 6) is 0. The molecule has 15 heavy (non-hydrogen) atoms. The molecule has 0 radical (unpaired) electrons. The van der Waals surface area contributed by atoms with Gasteiger partial charge in [-0.15, -0.1) is 10.1 Å². The van der Waals surface area contributed by atoms with Crippen molar-refractivity contribution in [1.29, 1.82) is 0 Å². The van der Waals surface area contributed by atoms with E-state index in [4.69, 9.17) is 0 Å². The highest BCUT2D eigenvalue weighted by molar-refractivity contribution is 5.18. The van der Waals surface area contributed by atoms with Crippen molar-refractivity contribution >= 4 is 0 Å². The number of alkyl halides is 3. The molecule has 0 heterocycles. The Morgan fingerprint density at radius 2 is 1.80 bits per heavy atom. The van der Waals surface area contributed by atoms with Gasteiger partial charge in [0.1, 0.15) is 0 Å². The van der Waals surface area contributed by atoms with Crippen LogP contribution >= 0.6 is 0 Å². The van der Waals surface area contributed by atoms with Crippen LogP contribution in [0.2, 0.25) is 0 Å². The topological polar surface area (TPSA) is 52.4 Å². The Hall–Kier alpha value is -1.79. The fraction of sp³-hybridized carbons (Fsp3) is 0.250. The zero-order valence-corrected chi connectivity index (χ0v) is 7.27. The van der Waals surface area contributed by atoms with Gasteiger partial charge in [-0.1, -0.05) is 30.3 Å². The first-order chi connectivity index (χ1) is 6.91. The molecule has 0 aliphatic heterocycles. The molecule has 0 saturated heterocycles. The van der Waals surface area contributed by atoms with E-state index in [1.165, 1.54) is 18.2 Å². The van der Waals surface area contributed by atoms with Crippen LogP contribution in [0, 0.1) is 10.1 Å². The largest absolute Gasteiger partial charge is 0.419 e. The van der Waals surface area contributed by atoms with E-state index in [9.17, 15) is 23.3 Å². The third kappa shape index (κ3) is 3.12. The highest BCUT2D eigenvalue weighted by atomic mass is 19.4. The monoisotopic (exact) mass is 221 g/mol. The molecule has 0 N–H and O–H groups in total. The van der Waals surface area contributed by atoms with Crippen LogP contribution in [-0.4, -0.2) is 11.3 Å². The summed E-state index contributed by atoms with van der Waals surface area (Å²) < 4.78 is 37.0. The maximum atomic E-state index is 12.3. The van der Waals surface area contributed by atoms with E-state index in [-0.39, 0.29) is 5.56 Å². The number of rotatable bonds is 3. The minimum Gasteiger partial charge on any atom is -0.296 e. The van der Waals surface area contributed by atoms with Crippen molar-refractivity contribution in [3.8, 4) is 0 Å². The van der Waals surface area contributed by atoms with Crippen molar-refractivity contribution in [2.45, 2.75) is 12.3 Å². The van der Waals surface area contributed by atoms with Gasteiger partial charge in [0.05, 0.1) is 0 Å². The summed E-state index contributed by atoms with van der Waals surface area (Å²) in [5.41, 5.74) is -0.304. The predicted molar refractivity (Wildman–Crippen MR) is 43.3 cm³/mol. The fourth-order valence-electron chi connectivity index (χ4n) is 1.02. The van der Waals surface area contributed by atoms with Gasteiger partial charge in [0, 0.05) is 0 Å². The Kier molecular flexibility index (Phi) is 3.13. The van der Waals surface area contributed by atoms with Crippen LogP contribution in [0.3, 0.4) is 0 Å². The van der Waals surface area contributed by atoms with Gasteiger partial charge in [0.15, 0.2) is 0 Å². The molecule has 0 aromatic heterocycles. The van der Waals surface area contributed by atoms with Crippen LogP contribution < -0.4 is 0 Å². The lowest BCUT2D eigenvalue weighted by Crippen LogP contribution is -2.25. The summed E-state index contributed by atoms with van der Waals surface area (Å²) in [6, 6.07) is 6.42. The van der Waals surface area contributed by atoms with Crippen LogP contribution in [0.4, 0.5) is 13.2 Å². The average Bonchev–Trinajstić information content (AvgIpc) is 2.14. The number of nitrogens with zero attached hydrogens (tertiary/aromatic N) is 1. The normalized spacial score (nSPS) is 13.3. The molecular weight excluding hydrogens is 215 g/mol. The van der Waals surface area contributed by atoms with E-state index in [0.717, 1.165) is 12.1 Å². The quantitative estimate of drug-likeness (QED) is 0.582. The first-order valence-corrected chi connectivity index (χ1v) is 3.84. The highest BCUT2D eigenvalue weighted by Crippen LogP contribution is 2.35. The lowest BCUT2D eigenvalue weighted by molar-refractivity contribution is -0.778. The number of hydrogen-bond donors (Lipinski definition) is 0. The summed E-state index contributed by atoms with van der Waals surface area (Å²) in [6.07, 6.45) is -7.34. The van der Waals surface area contributed by atoms with Crippen molar-refractivity contribution in [2.24, 2.45) is 0 Å². The van der Waals surface area contributed by atoms with Gasteiger partial charge in [-0.05, 0) is 5.56 Å². The minimum atomic E-state index is -4.81. The second-order valence-electron chi connectivity index (χ2n) is 2.66. The van der Waals surface area contributed by atoms with Gasteiger partial charge in [0.25, 0.3) is 5.09 Å². The Morgan fingerprint density at radius 3 is 2.20 bits per heavy atom. The maximum absolute atomic E-state index is 12.3. The molecule has 0 saturated carbocycles. The molecule has 0 bridgehead atoms. The molecule has 0 spiro atoms. The van der Waals surface area contributed by atoms with Gasteiger partial charge < -0.3 is 0 Å². The van der Waals surface area contributed by atoms with E-state index in [1.807, 2.05) is 0 Å². The molecule has 1 atom stereocenters. The van der Waals surface area contributed by atoms with Gasteiger partial charge >= 0.3 is 6.18 Å². The standard InChI is InChI=1S/C8H6F3NO3/c9-8(10,11)7(15-12(13)14)6-4-2-1-3-5-6/h1-5,7H. The van der Waals surface area contributed by atoms with Crippen LogP contribution in [0.15, 0.2) is 30.3 Å². The van der Waals surface area contributed by atoms with Gasteiger partial charge in [-0.25, -0.2) is 0 Å². The first kappa shape index (κ1) is 11.3. The van der Waals surface area contributed by atoms with E-state index >= 15 is 0 Å². The van der Waals surface area contributed by atoms with Crippen LogP contribution in [0.5, 0.6) is 0 Å². The van der Waals surface area contributed by atoms with Crippen LogP contribution in [-0.2, 0) is 4.84 Å². The zero-order chi connectivity index (χ0) is 11.5. The van der Waals surface area contributed by atoms with E-state index < -0.39 is 17.4 Å². The molecule has 1 aromatic rings. The average molecular weight is 221 g/mol. The SMILES string of the molecule is O=[N+]([O-])OC(c1ccccc1)C(F)(F)F. The lowest BCUT2D eigenvalue weighted by Gasteiger charge is -2.18. The Labute approximate surface area is 82.4 Å². The van der Waals surface area contributed by atoms with E-state index in [2.05, 4.69) is 4.84 Å². The van der Waals surface area contributed by atoms with Crippen molar-refractivity contribution in [3.63, 3.8) is 0 Å². The van der Waals surface area contributed by atoms with Gasteiger partial charge in [-0.3, -0.25) is 4.84 Å². The van der Waals surface area contributed by atoms with Crippen molar-refractivity contribution in [1.82, 2.24) is 0 Å². The maximum Gasteiger partial charge on any atom is 0.419 e. The molecule has 1 unspecified atom stereocenters. The number of benzene rings is 1. The van der Waals surface area contributed by atoms with Crippen LogP contribution in [0.25, 0.3) is 0 Å². The summed E-state index contributed by atoms with van der Waals surface area (Å²) in [4.78, 5) is 13.5. The summed E-state index contributed by atoms with van der Waals surface area (Å²) in [5, 5.41) is 8.46. The second-order valence-corrected chi connectivity index (χ2v) is 2.66. The van der Waals surface area contributed by atoms with Gasteiger partial charge in [0.2, 0.25) is 6.10 Å². The van der Waals surface area contributed by atoms with Crippen molar-refractivity contribution in [2.75, 3.05) is 0 Å². The third-order valence-electron chi connectivity index (χ3n) is 1.59. The predicted octanol–water partition coefficient (Wildman–Crippen LogP) is 2.50. The lowest BCUT2D eigenvalue weighted by atomic mass is 10.1. The molecule has 7 heteroatoms. The minimum absolute atomic E-state index is 0.304. The smallest absolute Gasteiger partial charge is 0.296 e.